The molecule has 2 amide bonds. The van der Waals surface area contributed by atoms with E-state index in [1.807, 2.05) is 6.08 Å². The molecule has 0 saturated carbocycles. The first-order valence-electron chi connectivity index (χ1n) is 20.7. The van der Waals surface area contributed by atoms with Gasteiger partial charge in [0.2, 0.25) is 11.8 Å². The fourth-order valence-corrected chi connectivity index (χ4v) is 5.56. The molecule has 9 heteroatoms. The predicted octanol–water partition coefficient (Wildman–Crippen LogP) is 9.76. The summed E-state index contributed by atoms with van der Waals surface area (Å²) in [5, 5.41) is 22.4. The molecule has 0 heterocycles. The molecule has 0 bridgehead atoms. The monoisotopic (exact) mass is 743 g/mol. The molecular formula is C44H74N2O7. The van der Waals surface area contributed by atoms with Crippen LogP contribution in [0.15, 0.2) is 60.8 Å². The number of aliphatic carboxylic acids is 1. The van der Waals surface area contributed by atoms with Crippen molar-refractivity contribution in [2.75, 3.05) is 13.2 Å². The molecule has 4 N–H and O–H groups in total. The molecule has 9 nitrogen and oxygen atoms in total. The molecular weight excluding hydrogens is 668 g/mol. The molecule has 0 fully saturated rings. The third kappa shape index (κ3) is 35.3. The highest BCUT2D eigenvalue weighted by Gasteiger charge is 2.18. The summed E-state index contributed by atoms with van der Waals surface area (Å²) in [7, 11) is 0. The van der Waals surface area contributed by atoms with Gasteiger partial charge >= 0.3 is 11.9 Å². The predicted molar refractivity (Wildman–Crippen MR) is 217 cm³/mol. The molecule has 0 aromatic carbocycles. The molecule has 2 atom stereocenters. The zero-order valence-electron chi connectivity index (χ0n) is 33.2. The molecule has 0 spiro atoms. The fourth-order valence-electron chi connectivity index (χ4n) is 5.56. The second-order valence-electron chi connectivity index (χ2n) is 13.7. The highest BCUT2D eigenvalue weighted by atomic mass is 16.5. The number of carboxylic acid groups (broad SMARTS) is 1. The minimum Gasteiger partial charge on any atom is -0.480 e. The van der Waals surface area contributed by atoms with Crippen LogP contribution in [0.2, 0.25) is 0 Å². The van der Waals surface area contributed by atoms with Crippen molar-refractivity contribution in [3.63, 3.8) is 0 Å². The summed E-state index contributed by atoms with van der Waals surface area (Å²) >= 11 is 0. The minimum atomic E-state index is -1.39. The molecule has 2 unspecified atom stereocenters. The Hall–Kier alpha value is -3.46. The van der Waals surface area contributed by atoms with Crippen LogP contribution in [0.1, 0.15) is 168 Å². The SMILES string of the molecule is CC/C=C\C/C=C\C/C=C\C/C=C\CCCCCCCCCCCCC(=O)OC(/C=C\CCC)CCCCCCC(=O)NCC(=O)NC(CO)C(=O)O. The molecule has 0 aromatic heterocycles. The number of esters is 1. The highest BCUT2D eigenvalue weighted by molar-refractivity contribution is 5.87. The van der Waals surface area contributed by atoms with E-state index in [1.54, 1.807) is 0 Å². The van der Waals surface area contributed by atoms with Gasteiger partial charge in [0.05, 0.1) is 13.2 Å². The lowest BCUT2D eigenvalue weighted by molar-refractivity contribution is -0.147. The largest absolute Gasteiger partial charge is 0.480 e. The van der Waals surface area contributed by atoms with Crippen molar-refractivity contribution in [3.05, 3.63) is 60.8 Å². The summed E-state index contributed by atoms with van der Waals surface area (Å²) in [6.45, 7) is 3.21. The number of carboxylic acids is 1. The molecule has 302 valence electrons. The Morgan fingerprint density at radius 2 is 1.13 bits per heavy atom. The summed E-state index contributed by atoms with van der Waals surface area (Å²) in [5.74, 6) is -2.42. The maximum Gasteiger partial charge on any atom is 0.328 e. The first-order valence-corrected chi connectivity index (χ1v) is 20.7. The quantitative estimate of drug-likeness (QED) is 0.0284. The van der Waals surface area contributed by atoms with Crippen LogP contribution in [0.5, 0.6) is 0 Å². The maximum absolute atomic E-state index is 12.6. The third-order valence-corrected chi connectivity index (χ3v) is 8.71. The van der Waals surface area contributed by atoms with E-state index < -0.39 is 24.5 Å². The Bertz CT molecular complexity index is 1080. The van der Waals surface area contributed by atoms with Crippen molar-refractivity contribution in [2.45, 2.75) is 180 Å². The van der Waals surface area contributed by atoms with Gasteiger partial charge in [-0.3, -0.25) is 14.4 Å². The summed E-state index contributed by atoms with van der Waals surface area (Å²) in [6, 6.07) is -1.39. The topological polar surface area (TPSA) is 142 Å². The molecule has 0 rings (SSSR count). The lowest BCUT2D eigenvalue weighted by Gasteiger charge is -2.15. The summed E-state index contributed by atoms with van der Waals surface area (Å²) in [6.07, 6.45) is 46.0. The number of hydrogen-bond acceptors (Lipinski definition) is 6. The molecule has 0 saturated heterocycles. The van der Waals surface area contributed by atoms with E-state index in [4.69, 9.17) is 14.9 Å². The van der Waals surface area contributed by atoms with Gasteiger partial charge in [-0.2, -0.15) is 0 Å². The maximum atomic E-state index is 12.6. The second-order valence-corrected chi connectivity index (χ2v) is 13.7. The summed E-state index contributed by atoms with van der Waals surface area (Å²) < 4.78 is 5.81. The molecule has 0 aliphatic heterocycles. The van der Waals surface area contributed by atoms with Crippen LogP contribution in [0.3, 0.4) is 0 Å². The average molecular weight is 743 g/mol. The van der Waals surface area contributed by atoms with Crippen molar-refractivity contribution in [3.8, 4) is 0 Å². The first-order chi connectivity index (χ1) is 25.8. The number of hydrogen-bond donors (Lipinski definition) is 4. The normalized spacial score (nSPS) is 13.1. The van der Waals surface area contributed by atoms with Crippen LogP contribution in [0.4, 0.5) is 0 Å². The summed E-state index contributed by atoms with van der Waals surface area (Å²) in [5.41, 5.74) is 0. The standard InChI is InChI=1S/C44H74N2O7/c1-3-5-7-8-9-10-11-12-13-14-15-16-17-18-19-20-21-22-23-24-25-26-32-36-43(50)53-39(33-29-6-4-2)34-30-27-28-31-35-41(48)45-37-42(49)46-40(38-47)44(51)52/h5,7,9-10,12-13,15-16,29,33,39-40,47H,3-4,6,8,11,14,17-28,30-32,34-38H2,1-2H3,(H,45,48)(H,46,49)(H,51,52)/b7-5-,10-9-,13-12-,16-15-,33-29-. The zero-order valence-corrected chi connectivity index (χ0v) is 33.2. The number of nitrogens with one attached hydrogen (secondary N) is 2. The van der Waals surface area contributed by atoms with Crippen LogP contribution < -0.4 is 10.6 Å². The van der Waals surface area contributed by atoms with Crippen LogP contribution >= 0.6 is 0 Å². The van der Waals surface area contributed by atoms with Crippen LogP contribution in [-0.2, 0) is 23.9 Å². The van der Waals surface area contributed by atoms with Crippen LogP contribution in [0.25, 0.3) is 0 Å². The molecule has 0 radical (unpaired) electrons. The van der Waals surface area contributed by atoms with Gasteiger partial charge in [-0.25, -0.2) is 4.79 Å². The number of aliphatic hydroxyl groups is 1. The number of ether oxygens (including phenoxy) is 1. The fraction of sp³-hybridized carbons (Fsp3) is 0.682. The van der Waals surface area contributed by atoms with Crippen LogP contribution in [0, 0.1) is 0 Å². The Kier molecular flexibility index (Phi) is 35.8. The lowest BCUT2D eigenvalue weighted by Crippen LogP contribution is -2.47. The van der Waals surface area contributed by atoms with Gasteiger partial charge in [-0.1, -0.05) is 139 Å². The van der Waals surface area contributed by atoms with Gasteiger partial charge in [0.1, 0.15) is 12.1 Å². The Balaban J connectivity index is 3.88. The second kappa shape index (κ2) is 38.3. The zero-order chi connectivity index (χ0) is 39.0. The number of amides is 2. The summed E-state index contributed by atoms with van der Waals surface area (Å²) in [4.78, 5) is 47.2. The molecule has 0 aliphatic rings. The van der Waals surface area contributed by atoms with Gasteiger partial charge in [0, 0.05) is 12.8 Å². The van der Waals surface area contributed by atoms with E-state index in [2.05, 4.69) is 79.2 Å². The first kappa shape index (κ1) is 49.5. The van der Waals surface area contributed by atoms with Gasteiger partial charge < -0.3 is 25.6 Å². The minimum absolute atomic E-state index is 0.129. The van der Waals surface area contributed by atoms with Gasteiger partial charge in [-0.05, 0) is 76.7 Å². The average Bonchev–Trinajstić information content (AvgIpc) is 3.14. The number of unbranched alkanes of at least 4 members (excludes halogenated alkanes) is 14. The van der Waals surface area contributed by atoms with Crippen molar-refractivity contribution in [1.29, 1.82) is 0 Å². The van der Waals surface area contributed by atoms with Crippen molar-refractivity contribution in [2.24, 2.45) is 0 Å². The Morgan fingerprint density at radius 3 is 1.70 bits per heavy atom. The van der Waals surface area contributed by atoms with E-state index in [-0.39, 0.29) is 30.9 Å². The lowest BCUT2D eigenvalue weighted by atomic mass is 10.0. The van der Waals surface area contributed by atoms with E-state index >= 15 is 0 Å². The molecule has 53 heavy (non-hydrogen) atoms. The van der Waals surface area contributed by atoms with Crippen molar-refractivity contribution in [1.82, 2.24) is 10.6 Å². The van der Waals surface area contributed by atoms with Crippen molar-refractivity contribution >= 4 is 23.8 Å². The van der Waals surface area contributed by atoms with Gasteiger partial charge in [0.25, 0.3) is 0 Å². The van der Waals surface area contributed by atoms with E-state index in [1.165, 1.54) is 57.8 Å². The van der Waals surface area contributed by atoms with Gasteiger partial charge in [-0.15, -0.1) is 0 Å². The number of aliphatic hydroxyl groups excluding tert-OH is 1. The smallest absolute Gasteiger partial charge is 0.328 e. The van der Waals surface area contributed by atoms with E-state index in [0.717, 1.165) is 77.0 Å². The molecule has 0 aliphatic carbocycles. The van der Waals surface area contributed by atoms with E-state index in [0.29, 0.717) is 12.8 Å². The molecule has 0 aromatic rings. The van der Waals surface area contributed by atoms with Crippen LogP contribution in [-0.4, -0.2) is 59.3 Å². The number of rotatable bonds is 36. The third-order valence-electron chi connectivity index (χ3n) is 8.71. The Labute approximate surface area is 321 Å². The van der Waals surface area contributed by atoms with E-state index in [9.17, 15) is 19.2 Å². The number of allylic oxidation sites excluding steroid dienone is 9. The highest BCUT2D eigenvalue weighted by Crippen LogP contribution is 2.15. The Morgan fingerprint density at radius 1 is 0.604 bits per heavy atom. The van der Waals surface area contributed by atoms with Crippen molar-refractivity contribution < 1.29 is 34.1 Å². The van der Waals surface area contributed by atoms with Gasteiger partial charge in [0.15, 0.2) is 0 Å². The number of carbonyl (C=O) groups excluding carboxylic acids is 3. The number of carbonyl (C=O) groups is 4.